The SMILES string of the molecule is CC(C)(C)OC(=O)N1CC(N)C(O)C1.CC(C)(C)OC(=O)N1CC(O)C(N=[N+]=[N-])C1.CC(C)(C)OC(=O)N1CC2OC2C1.CC(C)(C)OC(=O)N1CC=CC1. The molecular formula is C36H64N8O11. The highest BCUT2D eigenvalue weighted by Crippen LogP contribution is 2.31. The summed E-state index contributed by atoms with van der Waals surface area (Å²) in [5, 5.41) is 22.3. The lowest BCUT2D eigenvalue weighted by Gasteiger charge is -2.24. The Bertz CT molecular complexity index is 1370. The zero-order chi connectivity index (χ0) is 42.1. The number of nitrogens with two attached hydrogens (primary N) is 1. The number of fused-ring (bicyclic) bond motifs is 1. The fourth-order valence-corrected chi connectivity index (χ4v) is 5.15. The number of morpholine rings is 1. The number of β-amino-alcohol motifs (C(OH)–C–C–N with tert-alkyl or cyclic N) is 2. The van der Waals surface area contributed by atoms with Crippen LogP contribution in [0.2, 0.25) is 0 Å². The van der Waals surface area contributed by atoms with Crippen molar-refractivity contribution in [2.75, 3.05) is 52.4 Å². The second-order valence-corrected chi connectivity index (χ2v) is 17.8. The summed E-state index contributed by atoms with van der Waals surface area (Å²) in [5.74, 6) is 0. The number of carbonyl (C=O) groups is 4. The molecule has 6 atom stereocenters. The van der Waals surface area contributed by atoms with Gasteiger partial charge in [-0.1, -0.05) is 17.3 Å². The summed E-state index contributed by atoms with van der Waals surface area (Å²) in [5.41, 5.74) is 12.0. The second kappa shape index (κ2) is 19.2. The van der Waals surface area contributed by atoms with Gasteiger partial charge in [0, 0.05) is 31.1 Å². The monoisotopic (exact) mass is 784 g/mol. The minimum atomic E-state index is -0.816. The number of amides is 4. The lowest BCUT2D eigenvalue weighted by Crippen LogP contribution is -2.37. The van der Waals surface area contributed by atoms with Crippen LogP contribution in [-0.2, 0) is 23.7 Å². The van der Waals surface area contributed by atoms with Gasteiger partial charge in [0.25, 0.3) is 0 Å². The molecule has 4 amide bonds. The molecule has 4 saturated heterocycles. The van der Waals surface area contributed by atoms with E-state index in [2.05, 4.69) is 10.0 Å². The van der Waals surface area contributed by atoms with E-state index in [1.165, 1.54) is 9.80 Å². The van der Waals surface area contributed by atoms with Crippen molar-refractivity contribution in [1.82, 2.24) is 19.6 Å². The fraction of sp³-hybridized carbons (Fsp3) is 0.833. The van der Waals surface area contributed by atoms with E-state index in [1.807, 2.05) is 53.7 Å². The van der Waals surface area contributed by atoms with Gasteiger partial charge in [-0.25, -0.2) is 19.2 Å². The van der Waals surface area contributed by atoms with Gasteiger partial charge in [0.15, 0.2) is 0 Å². The van der Waals surface area contributed by atoms with Crippen LogP contribution in [0.5, 0.6) is 0 Å². The standard InChI is InChI=1S/C9H16N4O3.C9H18N2O3.C9H15NO3.C9H15NO2/c1-9(2,3)16-8(15)13-4-6(11-12-10)7(14)5-13;1-9(2,3)14-8(13)11-4-6(10)7(12)5-11;1-9(2,3)13-8(11)10-4-6-7(5-10)12-6;1-9(2,3)12-8(11)10-6-4-5-7-10/h6-7,14H,4-5H2,1-3H3;6-7,12H,4-5,10H2,1-3H3;6-7H,4-5H2,1-3H3;4-5H,6-7H2,1-3H3. The Morgan fingerprint density at radius 3 is 1.31 bits per heavy atom. The number of aliphatic hydroxyl groups excluding tert-OH is 2. The molecule has 314 valence electrons. The van der Waals surface area contributed by atoms with Crippen molar-refractivity contribution in [3.8, 4) is 0 Å². The van der Waals surface area contributed by atoms with Gasteiger partial charge in [0.1, 0.15) is 34.6 Å². The number of aliphatic hydroxyl groups is 2. The van der Waals surface area contributed by atoms with Crippen molar-refractivity contribution in [2.24, 2.45) is 10.8 Å². The molecule has 55 heavy (non-hydrogen) atoms. The van der Waals surface area contributed by atoms with E-state index in [-0.39, 0.29) is 55.7 Å². The van der Waals surface area contributed by atoms with Crippen LogP contribution in [0.15, 0.2) is 17.3 Å². The lowest BCUT2D eigenvalue weighted by atomic mass is 10.2. The van der Waals surface area contributed by atoms with E-state index in [0.29, 0.717) is 32.7 Å². The van der Waals surface area contributed by atoms with Gasteiger partial charge in [-0.2, -0.15) is 0 Å². The highest BCUT2D eigenvalue weighted by atomic mass is 16.6. The molecule has 6 unspecified atom stereocenters. The maximum Gasteiger partial charge on any atom is 0.410 e. The highest BCUT2D eigenvalue weighted by molar-refractivity contribution is 5.70. The van der Waals surface area contributed by atoms with E-state index in [9.17, 15) is 29.4 Å². The van der Waals surface area contributed by atoms with E-state index in [1.54, 1.807) is 51.3 Å². The first kappa shape index (κ1) is 47.1. The number of azide groups is 1. The number of carbonyl (C=O) groups excluding carboxylic acids is 4. The topological polar surface area (TPSA) is 246 Å². The molecule has 5 aliphatic rings. The Hall–Kier alpha value is -4.03. The Labute approximate surface area is 324 Å². The number of hydrogen-bond donors (Lipinski definition) is 3. The van der Waals surface area contributed by atoms with Crippen LogP contribution in [-0.4, -0.2) is 165 Å². The molecule has 0 aromatic heterocycles. The maximum atomic E-state index is 11.6. The van der Waals surface area contributed by atoms with Gasteiger partial charge in [0.05, 0.1) is 50.5 Å². The third-order valence-electron chi connectivity index (χ3n) is 7.71. The molecular weight excluding hydrogens is 720 g/mol. The van der Waals surface area contributed by atoms with Gasteiger partial charge in [-0.05, 0) is 88.6 Å². The van der Waals surface area contributed by atoms with Crippen LogP contribution in [0.1, 0.15) is 83.1 Å². The average Bonchev–Trinajstić information content (AvgIpc) is 3.49. The highest BCUT2D eigenvalue weighted by Gasteiger charge is 2.49. The number of likely N-dealkylation sites (tertiary alicyclic amines) is 3. The summed E-state index contributed by atoms with van der Waals surface area (Å²) in [6.07, 6.45) is 1.68. The van der Waals surface area contributed by atoms with Crippen molar-refractivity contribution >= 4 is 24.4 Å². The predicted molar refractivity (Wildman–Crippen MR) is 202 cm³/mol. The molecule has 0 aliphatic carbocycles. The number of rotatable bonds is 1. The molecule has 19 nitrogen and oxygen atoms in total. The van der Waals surface area contributed by atoms with Crippen molar-refractivity contribution in [2.45, 2.75) is 142 Å². The van der Waals surface area contributed by atoms with Crippen molar-refractivity contribution in [1.29, 1.82) is 0 Å². The zero-order valence-corrected chi connectivity index (χ0v) is 34.6. The molecule has 4 N–H and O–H groups in total. The Morgan fingerprint density at radius 1 is 0.618 bits per heavy atom. The molecule has 5 aliphatic heterocycles. The summed E-state index contributed by atoms with van der Waals surface area (Å²) < 4.78 is 25.9. The molecule has 19 heteroatoms. The number of epoxide rings is 1. The van der Waals surface area contributed by atoms with Crippen molar-refractivity contribution in [3.63, 3.8) is 0 Å². The van der Waals surface area contributed by atoms with Gasteiger partial charge < -0.3 is 59.2 Å². The van der Waals surface area contributed by atoms with Crippen LogP contribution in [0.3, 0.4) is 0 Å². The van der Waals surface area contributed by atoms with E-state index >= 15 is 0 Å². The third-order valence-corrected chi connectivity index (χ3v) is 7.71. The van der Waals surface area contributed by atoms with E-state index < -0.39 is 47.2 Å². The predicted octanol–water partition coefficient (Wildman–Crippen LogP) is 4.00. The van der Waals surface area contributed by atoms with Crippen molar-refractivity contribution < 1.29 is 53.1 Å². The molecule has 4 fully saturated rings. The minimum absolute atomic E-state index is 0.137. The smallest absolute Gasteiger partial charge is 0.410 e. The Balaban J connectivity index is 0.000000255. The minimum Gasteiger partial charge on any atom is -0.444 e. The normalized spacial score (nSPS) is 25.5. The molecule has 0 aromatic carbocycles. The van der Waals surface area contributed by atoms with Crippen LogP contribution < -0.4 is 5.73 Å². The number of ether oxygens (including phenoxy) is 5. The van der Waals surface area contributed by atoms with E-state index in [4.69, 9.17) is 34.9 Å². The zero-order valence-electron chi connectivity index (χ0n) is 34.6. The molecule has 5 heterocycles. The van der Waals surface area contributed by atoms with Crippen LogP contribution in [0, 0.1) is 0 Å². The molecule has 0 bridgehead atoms. The van der Waals surface area contributed by atoms with Crippen molar-refractivity contribution in [3.05, 3.63) is 22.6 Å². The first-order chi connectivity index (χ1) is 25.1. The fourth-order valence-electron chi connectivity index (χ4n) is 5.15. The van der Waals surface area contributed by atoms with Gasteiger partial charge in [-0.3, -0.25) is 0 Å². The summed E-state index contributed by atoms with van der Waals surface area (Å²) >= 11 is 0. The lowest BCUT2D eigenvalue weighted by molar-refractivity contribution is 0.0226. The van der Waals surface area contributed by atoms with E-state index in [0.717, 1.165) is 0 Å². The summed E-state index contributed by atoms with van der Waals surface area (Å²) in [6, 6.07) is -0.944. The Kier molecular flexibility index (Phi) is 16.5. The molecule has 0 radical (unpaired) electrons. The van der Waals surface area contributed by atoms with Gasteiger partial charge in [0.2, 0.25) is 0 Å². The number of nitrogens with zero attached hydrogens (tertiary/aromatic N) is 7. The third kappa shape index (κ3) is 18.0. The van der Waals surface area contributed by atoms with Crippen LogP contribution >= 0.6 is 0 Å². The Morgan fingerprint density at radius 2 is 0.964 bits per heavy atom. The second-order valence-electron chi connectivity index (χ2n) is 17.8. The average molecular weight is 785 g/mol. The summed E-state index contributed by atoms with van der Waals surface area (Å²) in [4.78, 5) is 54.7. The molecule has 0 spiro atoms. The summed E-state index contributed by atoms with van der Waals surface area (Å²) in [6.45, 7) is 25.6. The summed E-state index contributed by atoms with van der Waals surface area (Å²) in [7, 11) is 0. The van der Waals surface area contributed by atoms with Gasteiger partial charge in [-0.15, -0.1) is 0 Å². The molecule has 0 aromatic rings. The molecule has 5 rings (SSSR count). The first-order valence-corrected chi connectivity index (χ1v) is 18.5. The molecule has 0 saturated carbocycles. The largest absolute Gasteiger partial charge is 0.444 e. The van der Waals surface area contributed by atoms with Crippen LogP contribution in [0.4, 0.5) is 19.2 Å². The number of hydrogen-bond acceptors (Lipinski definition) is 13. The van der Waals surface area contributed by atoms with Crippen LogP contribution in [0.25, 0.3) is 10.4 Å². The quantitative estimate of drug-likeness (QED) is 0.0853. The van der Waals surface area contributed by atoms with Gasteiger partial charge >= 0.3 is 24.4 Å². The first-order valence-electron chi connectivity index (χ1n) is 18.5. The maximum absolute atomic E-state index is 11.6.